The predicted octanol–water partition coefficient (Wildman–Crippen LogP) is 15.4. The summed E-state index contributed by atoms with van der Waals surface area (Å²) in [6.45, 7) is 4.67. The Morgan fingerprint density at radius 3 is 1.24 bits per heavy atom. The summed E-state index contributed by atoms with van der Waals surface area (Å²) >= 11 is 0. The zero-order valence-corrected chi connectivity index (χ0v) is 43.4. The van der Waals surface area contributed by atoms with Crippen LogP contribution in [0.1, 0.15) is 264 Å². The number of carbonyl (C=O) groups is 1. The molecule has 8 nitrogen and oxygen atoms in total. The van der Waals surface area contributed by atoms with Crippen molar-refractivity contribution in [2.75, 3.05) is 40.9 Å². The highest BCUT2D eigenvalue weighted by Gasteiger charge is 2.23. The van der Waals surface area contributed by atoms with Crippen LogP contribution >= 0.6 is 7.82 Å². The molecule has 3 unspecified atom stereocenters. The van der Waals surface area contributed by atoms with Crippen molar-refractivity contribution in [1.29, 1.82) is 0 Å². The number of carbonyl (C=O) groups excluding carboxylic acids is 1. The van der Waals surface area contributed by atoms with Crippen LogP contribution in [0.5, 0.6) is 0 Å². The maximum absolute atomic E-state index is 12.9. The van der Waals surface area contributed by atoms with Crippen LogP contribution in [0.4, 0.5) is 0 Å². The maximum atomic E-state index is 12.9. The molecular formula is C54H107N2O6P. The fourth-order valence-electron chi connectivity index (χ4n) is 8.09. The smallest absolute Gasteiger partial charge is 0.268 e. The topological polar surface area (TPSA) is 108 Å². The lowest BCUT2D eigenvalue weighted by molar-refractivity contribution is -0.870. The molecule has 0 aromatic rings. The lowest BCUT2D eigenvalue weighted by atomic mass is 10.0. The van der Waals surface area contributed by atoms with Gasteiger partial charge in [-0.25, -0.2) is 0 Å². The molecule has 374 valence electrons. The lowest BCUT2D eigenvalue weighted by Crippen LogP contribution is -2.45. The number of hydrogen-bond donors (Lipinski definition) is 2. The van der Waals surface area contributed by atoms with Crippen LogP contribution in [0.15, 0.2) is 24.3 Å². The van der Waals surface area contributed by atoms with Gasteiger partial charge in [-0.3, -0.25) is 9.36 Å². The molecule has 0 aliphatic rings. The SMILES string of the molecule is CCCCCCCCCCC/C=C\CCCCCCCC(=O)NC(COP(=O)([O-])OCC[N+](C)(C)C)C(O)/C=C/CCCCCCCCCCCCCCCCCCCCCCC. The van der Waals surface area contributed by atoms with E-state index in [2.05, 4.69) is 31.3 Å². The van der Waals surface area contributed by atoms with Gasteiger partial charge in [0.05, 0.1) is 39.9 Å². The molecular weight excluding hydrogens is 804 g/mol. The van der Waals surface area contributed by atoms with E-state index in [9.17, 15) is 19.4 Å². The zero-order chi connectivity index (χ0) is 46.4. The minimum atomic E-state index is -4.59. The molecule has 0 saturated heterocycles. The largest absolute Gasteiger partial charge is 0.756 e. The molecule has 0 aliphatic carbocycles. The molecule has 0 heterocycles. The summed E-state index contributed by atoms with van der Waals surface area (Å²) in [7, 11) is 1.26. The minimum Gasteiger partial charge on any atom is -0.756 e. The molecule has 2 N–H and O–H groups in total. The molecule has 63 heavy (non-hydrogen) atoms. The van der Waals surface area contributed by atoms with Crippen LogP contribution in [0.3, 0.4) is 0 Å². The number of phosphoric ester groups is 1. The van der Waals surface area contributed by atoms with Crippen molar-refractivity contribution < 1.29 is 32.9 Å². The third kappa shape index (κ3) is 48.7. The average Bonchev–Trinajstić information content (AvgIpc) is 3.24. The Bertz CT molecular complexity index is 1080. The summed E-state index contributed by atoms with van der Waals surface area (Å²) in [5.74, 6) is -0.202. The van der Waals surface area contributed by atoms with Gasteiger partial charge < -0.3 is 28.8 Å². The standard InChI is InChI=1S/C54H107N2O6P/c1-6-8-10-12-14-16-18-20-22-24-26-27-28-29-30-31-33-35-37-39-41-43-45-47-53(57)52(51-62-63(59,60)61-50-49-56(3,4)5)55-54(58)48-46-44-42-40-38-36-34-32-25-23-21-19-17-15-13-11-9-7-2/h32,34,45,47,52-53,57H,6-31,33,35-44,46,48-51H2,1-5H3,(H-,55,58,59,60)/b34-32-,47-45+. The molecule has 0 spiro atoms. The Labute approximate surface area is 392 Å². The Balaban J connectivity index is 4.26. The van der Waals surface area contributed by atoms with Gasteiger partial charge in [0.2, 0.25) is 5.91 Å². The number of aliphatic hydroxyl groups excluding tert-OH is 1. The van der Waals surface area contributed by atoms with Gasteiger partial charge in [-0.05, 0) is 44.9 Å². The lowest BCUT2D eigenvalue weighted by Gasteiger charge is -2.29. The predicted molar refractivity (Wildman–Crippen MR) is 270 cm³/mol. The first kappa shape index (κ1) is 62.0. The van der Waals surface area contributed by atoms with Crippen molar-refractivity contribution in [2.45, 2.75) is 276 Å². The van der Waals surface area contributed by atoms with Gasteiger partial charge in [-0.2, -0.15) is 0 Å². The van der Waals surface area contributed by atoms with Gasteiger partial charge in [0, 0.05) is 6.42 Å². The van der Waals surface area contributed by atoms with Crippen LogP contribution in [0, 0.1) is 0 Å². The van der Waals surface area contributed by atoms with Crippen LogP contribution in [-0.2, 0) is 18.4 Å². The first-order valence-corrected chi connectivity index (χ1v) is 28.7. The number of quaternary nitrogens is 1. The number of aliphatic hydroxyl groups is 1. The Morgan fingerprint density at radius 2 is 0.873 bits per heavy atom. The van der Waals surface area contributed by atoms with E-state index in [-0.39, 0.29) is 19.1 Å². The highest BCUT2D eigenvalue weighted by atomic mass is 31.2. The van der Waals surface area contributed by atoms with E-state index in [0.717, 1.165) is 51.4 Å². The molecule has 3 atom stereocenters. The third-order valence-electron chi connectivity index (χ3n) is 12.4. The van der Waals surface area contributed by atoms with Crippen LogP contribution in [0.25, 0.3) is 0 Å². The van der Waals surface area contributed by atoms with E-state index < -0.39 is 20.0 Å². The first-order chi connectivity index (χ1) is 30.5. The second-order valence-corrected chi connectivity index (χ2v) is 21.3. The number of phosphoric acid groups is 1. The summed E-state index contributed by atoms with van der Waals surface area (Å²) in [6.07, 6.45) is 56.7. The Kier molecular flexibility index (Phi) is 45.4. The number of unbranched alkanes of at least 4 members (excludes halogenated alkanes) is 35. The third-order valence-corrected chi connectivity index (χ3v) is 13.4. The summed E-state index contributed by atoms with van der Waals surface area (Å²) in [6, 6.07) is -0.889. The molecule has 0 aromatic heterocycles. The number of hydrogen-bond acceptors (Lipinski definition) is 6. The Hall–Kier alpha value is -1.02. The molecule has 0 rings (SSSR count). The quantitative estimate of drug-likeness (QED) is 0.0272. The fraction of sp³-hybridized carbons (Fsp3) is 0.907. The van der Waals surface area contributed by atoms with E-state index >= 15 is 0 Å². The average molecular weight is 911 g/mol. The summed E-state index contributed by atoms with van der Waals surface area (Å²) in [5, 5.41) is 13.9. The van der Waals surface area contributed by atoms with Crippen molar-refractivity contribution in [3.63, 3.8) is 0 Å². The summed E-state index contributed by atoms with van der Waals surface area (Å²) in [4.78, 5) is 25.4. The van der Waals surface area contributed by atoms with Crippen molar-refractivity contribution in [2.24, 2.45) is 0 Å². The number of nitrogens with one attached hydrogen (secondary N) is 1. The monoisotopic (exact) mass is 911 g/mol. The van der Waals surface area contributed by atoms with Gasteiger partial charge in [0.1, 0.15) is 13.2 Å². The molecule has 0 radical (unpaired) electrons. The fourth-order valence-corrected chi connectivity index (χ4v) is 8.81. The van der Waals surface area contributed by atoms with Crippen molar-refractivity contribution >= 4 is 13.7 Å². The minimum absolute atomic E-state index is 0.00108. The molecule has 0 aromatic carbocycles. The molecule has 0 aliphatic heterocycles. The summed E-state index contributed by atoms with van der Waals surface area (Å²) < 4.78 is 23.3. The number of nitrogens with zero attached hydrogens (tertiary/aromatic N) is 1. The maximum Gasteiger partial charge on any atom is 0.268 e. The second kappa shape index (κ2) is 46.1. The van der Waals surface area contributed by atoms with Crippen molar-refractivity contribution in [3.05, 3.63) is 24.3 Å². The number of amides is 1. The van der Waals surface area contributed by atoms with Gasteiger partial charge in [-0.15, -0.1) is 0 Å². The van der Waals surface area contributed by atoms with Crippen molar-refractivity contribution in [3.8, 4) is 0 Å². The molecule has 0 fully saturated rings. The van der Waals surface area contributed by atoms with Crippen LogP contribution in [0.2, 0.25) is 0 Å². The molecule has 0 bridgehead atoms. The van der Waals surface area contributed by atoms with E-state index in [1.807, 2.05) is 27.2 Å². The summed E-state index contributed by atoms with van der Waals surface area (Å²) in [5.41, 5.74) is 0. The number of rotatable bonds is 50. The highest BCUT2D eigenvalue weighted by Crippen LogP contribution is 2.38. The highest BCUT2D eigenvalue weighted by molar-refractivity contribution is 7.45. The van der Waals surface area contributed by atoms with E-state index in [4.69, 9.17) is 9.05 Å². The molecule has 0 saturated carbocycles. The van der Waals surface area contributed by atoms with Crippen LogP contribution < -0.4 is 10.2 Å². The van der Waals surface area contributed by atoms with Gasteiger partial charge in [-0.1, -0.05) is 237 Å². The normalized spacial score (nSPS) is 14.2. The van der Waals surface area contributed by atoms with Crippen LogP contribution in [-0.4, -0.2) is 68.5 Å². The zero-order valence-electron chi connectivity index (χ0n) is 42.5. The van der Waals surface area contributed by atoms with E-state index in [1.54, 1.807) is 6.08 Å². The van der Waals surface area contributed by atoms with Gasteiger partial charge >= 0.3 is 0 Å². The van der Waals surface area contributed by atoms with Crippen molar-refractivity contribution in [1.82, 2.24) is 5.32 Å². The van der Waals surface area contributed by atoms with Gasteiger partial charge in [0.15, 0.2) is 0 Å². The Morgan fingerprint density at radius 1 is 0.540 bits per heavy atom. The first-order valence-electron chi connectivity index (χ1n) is 27.2. The second-order valence-electron chi connectivity index (χ2n) is 19.9. The molecule has 9 heteroatoms. The van der Waals surface area contributed by atoms with E-state index in [1.165, 1.54) is 193 Å². The molecule has 1 amide bonds. The van der Waals surface area contributed by atoms with Gasteiger partial charge in [0.25, 0.3) is 7.82 Å². The number of likely N-dealkylation sites (N-methyl/N-ethyl adjacent to an activating group) is 1. The number of allylic oxidation sites excluding steroid dienone is 3. The van der Waals surface area contributed by atoms with E-state index in [0.29, 0.717) is 17.4 Å².